The van der Waals surface area contributed by atoms with Crippen LogP contribution >= 0.6 is 0 Å². The van der Waals surface area contributed by atoms with E-state index in [0.29, 0.717) is 24.6 Å². The van der Waals surface area contributed by atoms with Crippen LogP contribution in [0.25, 0.3) is 0 Å². The minimum Gasteiger partial charge on any atom is -0.381 e. The lowest BCUT2D eigenvalue weighted by atomic mass is 9.97. The number of carbonyl (C=O) groups is 1. The molecule has 1 fully saturated rings. The number of hydrogen-bond donors (Lipinski definition) is 1. The summed E-state index contributed by atoms with van der Waals surface area (Å²) in [4.78, 5) is 14.0. The fourth-order valence-electron chi connectivity index (χ4n) is 1.76. The summed E-state index contributed by atoms with van der Waals surface area (Å²) in [5, 5.41) is 2.92. The fraction of sp³-hybridized carbons (Fsp3) is 0.786. The Balaban J connectivity index is 2.23. The molecule has 1 aliphatic rings. The van der Waals surface area contributed by atoms with Gasteiger partial charge in [0.2, 0.25) is 5.91 Å². The van der Waals surface area contributed by atoms with E-state index in [-0.39, 0.29) is 11.3 Å². The van der Waals surface area contributed by atoms with Gasteiger partial charge in [0, 0.05) is 31.1 Å². The summed E-state index contributed by atoms with van der Waals surface area (Å²) < 4.78 is 5.14. The molecule has 0 spiro atoms. The Bertz CT molecular complexity index is 303. The van der Waals surface area contributed by atoms with Gasteiger partial charge in [-0.3, -0.25) is 4.79 Å². The van der Waals surface area contributed by atoms with Gasteiger partial charge in [-0.1, -0.05) is 27.4 Å². The number of nitrogens with zero attached hydrogens (tertiary/aromatic N) is 1. The van der Waals surface area contributed by atoms with E-state index in [1.807, 2.05) is 7.05 Å². The first-order chi connectivity index (χ1) is 8.28. The third-order valence-electron chi connectivity index (χ3n) is 2.84. The highest BCUT2D eigenvalue weighted by Gasteiger charge is 2.21. The van der Waals surface area contributed by atoms with E-state index in [4.69, 9.17) is 4.74 Å². The van der Waals surface area contributed by atoms with Crippen molar-refractivity contribution >= 4 is 5.91 Å². The summed E-state index contributed by atoms with van der Waals surface area (Å²) in [6.07, 6.45) is 0. The highest BCUT2D eigenvalue weighted by molar-refractivity contribution is 5.93. The normalized spacial score (nSPS) is 16.5. The number of amides is 1. The van der Waals surface area contributed by atoms with Gasteiger partial charge in [-0.15, -0.1) is 0 Å². The largest absolute Gasteiger partial charge is 0.381 e. The van der Waals surface area contributed by atoms with Crippen molar-refractivity contribution in [3.8, 4) is 0 Å². The highest BCUT2D eigenvalue weighted by Crippen LogP contribution is 2.12. The lowest BCUT2D eigenvalue weighted by Crippen LogP contribution is -2.40. The second kappa shape index (κ2) is 6.34. The Labute approximate surface area is 110 Å². The predicted octanol–water partition coefficient (Wildman–Crippen LogP) is 1.28. The zero-order valence-corrected chi connectivity index (χ0v) is 12.1. The van der Waals surface area contributed by atoms with Crippen LogP contribution in [0.4, 0.5) is 0 Å². The van der Waals surface area contributed by atoms with Crippen LogP contribution in [-0.2, 0) is 9.53 Å². The van der Waals surface area contributed by atoms with Gasteiger partial charge < -0.3 is 15.0 Å². The number of hydrogen-bond acceptors (Lipinski definition) is 3. The maximum atomic E-state index is 11.8. The van der Waals surface area contributed by atoms with Crippen LogP contribution in [0, 0.1) is 11.3 Å². The Morgan fingerprint density at radius 1 is 1.44 bits per heavy atom. The molecule has 0 aliphatic carbocycles. The van der Waals surface area contributed by atoms with Crippen LogP contribution in [0.1, 0.15) is 20.8 Å². The number of ether oxygens (including phenoxy) is 1. The van der Waals surface area contributed by atoms with Crippen LogP contribution in [0.3, 0.4) is 0 Å². The van der Waals surface area contributed by atoms with Crippen molar-refractivity contribution < 1.29 is 9.53 Å². The van der Waals surface area contributed by atoms with Gasteiger partial charge in [-0.2, -0.15) is 0 Å². The summed E-state index contributed by atoms with van der Waals surface area (Å²) in [7, 11) is 2.01. The van der Waals surface area contributed by atoms with Gasteiger partial charge in [0.1, 0.15) is 0 Å². The Kier molecular flexibility index (Phi) is 5.35. The van der Waals surface area contributed by atoms with Gasteiger partial charge in [-0.05, 0) is 12.5 Å². The van der Waals surface area contributed by atoms with Crippen molar-refractivity contribution in [3.63, 3.8) is 0 Å². The van der Waals surface area contributed by atoms with E-state index in [9.17, 15) is 4.79 Å². The molecular formula is C14H26N2O2. The highest BCUT2D eigenvalue weighted by atomic mass is 16.5. The first-order valence-corrected chi connectivity index (χ1v) is 6.50. The molecule has 1 amide bonds. The predicted molar refractivity (Wildman–Crippen MR) is 73.4 cm³/mol. The smallest absolute Gasteiger partial charge is 0.247 e. The molecule has 0 aromatic rings. The quantitative estimate of drug-likeness (QED) is 0.726. The van der Waals surface area contributed by atoms with E-state index < -0.39 is 0 Å². The maximum absolute atomic E-state index is 11.8. The topological polar surface area (TPSA) is 41.6 Å². The zero-order chi connectivity index (χ0) is 13.8. The summed E-state index contributed by atoms with van der Waals surface area (Å²) in [6, 6.07) is 0. The van der Waals surface area contributed by atoms with Crippen molar-refractivity contribution in [1.82, 2.24) is 10.2 Å². The van der Waals surface area contributed by atoms with Crippen molar-refractivity contribution in [2.45, 2.75) is 20.8 Å². The van der Waals surface area contributed by atoms with Gasteiger partial charge in [0.05, 0.1) is 13.2 Å². The summed E-state index contributed by atoms with van der Waals surface area (Å²) in [6.45, 7) is 14.1. The standard InChI is InChI=1S/C14H26N2O2/c1-11(13(17)15-10-14(2,3)4)6-16(5)7-12-8-18-9-12/h12H,1,6-10H2,2-5H3,(H,15,17). The average molecular weight is 254 g/mol. The number of carbonyl (C=O) groups excluding carboxylic acids is 1. The molecule has 0 saturated carbocycles. The molecule has 4 heteroatoms. The number of rotatable bonds is 6. The third-order valence-corrected chi connectivity index (χ3v) is 2.84. The fourth-order valence-corrected chi connectivity index (χ4v) is 1.76. The van der Waals surface area contributed by atoms with E-state index in [0.717, 1.165) is 19.8 Å². The first-order valence-electron chi connectivity index (χ1n) is 6.50. The molecule has 1 rings (SSSR count). The van der Waals surface area contributed by atoms with Crippen LogP contribution < -0.4 is 5.32 Å². The van der Waals surface area contributed by atoms with Crippen LogP contribution in [0.2, 0.25) is 0 Å². The summed E-state index contributed by atoms with van der Waals surface area (Å²) >= 11 is 0. The molecular weight excluding hydrogens is 228 g/mol. The average Bonchev–Trinajstić information content (AvgIpc) is 2.19. The number of likely N-dealkylation sites (N-methyl/N-ethyl adjacent to an activating group) is 1. The second-order valence-corrected chi connectivity index (χ2v) is 6.45. The minimum absolute atomic E-state index is 0.0402. The van der Waals surface area contributed by atoms with E-state index in [2.05, 4.69) is 37.6 Å². The molecule has 0 unspecified atom stereocenters. The van der Waals surface area contributed by atoms with E-state index in [1.54, 1.807) is 0 Å². The van der Waals surface area contributed by atoms with Gasteiger partial charge in [0.15, 0.2) is 0 Å². The lowest BCUT2D eigenvalue weighted by Gasteiger charge is -2.30. The molecule has 4 nitrogen and oxygen atoms in total. The van der Waals surface area contributed by atoms with Crippen molar-refractivity contribution in [3.05, 3.63) is 12.2 Å². The van der Waals surface area contributed by atoms with Crippen LogP contribution in [-0.4, -0.2) is 50.7 Å². The van der Waals surface area contributed by atoms with Gasteiger partial charge in [0.25, 0.3) is 0 Å². The van der Waals surface area contributed by atoms with Crippen LogP contribution in [0.15, 0.2) is 12.2 Å². The maximum Gasteiger partial charge on any atom is 0.247 e. The van der Waals surface area contributed by atoms with Gasteiger partial charge >= 0.3 is 0 Å². The molecule has 0 aromatic heterocycles. The monoisotopic (exact) mass is 254 g/mol. The van der Waals surface area contributed by atoms with Gasteiger partial charge in [-0.25, -0.2) is 0 Å². The lowest BCUT2D eigenvalue weighted by molar-refractivity contribution is -0.118. The molecule has 1 heterocycles. The number of nitrogens with one attached hydrogen (secondary N) is 1. The van der Waals surface area contributed by atoms with Crippen molar-refractivity contribution in [2.24, 2.45) is 11.3 Å². The summed E-state index contributed by atoms with van der Waals surface area (Å²) in [5.41, 5.74) is 0.729. The molecule has 0 aromatic carbocycles. The Morgan fingerprint density at radius 3 is 2.50 bits per heavy atom. The first kappa shape index (κ1) is 15.2. The molecule has 1 saturated heterocycles. The Morgan fingerprint density at radius 2 is 2.06 bits per heavy atom. The van der Waals surface area contributed by atoms with Crippen molar-refractivity contribution in [2.75, 3.05) is 39.9 Å². The van der Waals surface area contributed by atoms with Crippen LogP contribution in [0.5, 0.6) is 0 Å². The van der Waals surface area contributed by atoms with E-state index in [1.165, 1.54) is 0 Å². The molecule has 104 valence electrons. The molecule has 1 N–H and O–H groups in total. The molecule has 0 radical (unpaired) electrons. The second-order valence-electron chi connectivity index (χ2n) is 6.45. The zero-order valence-electron chi connectivity index (χ0n) is 12.1. The minimum atomic E-state index is -0.0402. The van der Waals surface area contributed by atoms with E-state index >= 15 is 0 Å². The summed E-state index contributed by atoms with van der Waals surface area (Å²) in [5.74, 6) is 0.571. The molecule has 1 aliphatic heterocycles. The molecule has 0 atom stereocenters. The SMILES string of the molecule is C=C(CN(C)CC1COC1)C(=O)NCC(C)(C)C. The molecule has 18 heavy (non-hydrogen) atoms. The molecule has 0 bridgehead atoms. The Hall–Kier alpha value is -0.870. The van der Waals surface area contributed by atoms with Crippen molar-refractivity contribution in [1.29, 1.82) is 0 Å². The third kappa shape index (κ3) is 5.65.